The number of methoxy groups -OCH3 is 2. The maximum atomic E-state index is 12.5. The lowest BCUT2D eigenvalue weighted by atomic mass is 9.90. The Morgan fingerprint density at radius 3 is 1.32 bits per heavy atom. The summed E-state index contributed by atoms with van der Waals surface area (Å²) >= 11 is 0. The van der Waals surface area contributed by atoms with Gasteiger partial charge in [0.15, 0.2) is 0 Å². The molecule has 0 spiro atoms. The maximum Gasteiger partial charge on any atom is 0.239 e. The van der Waals surface area contributed by atoms with E-state index in [9.17, 15) is 9.59 Å². The highest BCUT2D eigenvalue weighted by Crippen LogP contribution is 2.23. The highest BCUT2D eigenvalue weighted by atomic mass is 16.5. The smallest absolute Gasteiger partial charge is 0.239 e. The molecule has 0 heterocycles. The van der Waals surface area contributed by atoms with Crippen molar-refractivity contribution in [2.24, 2.45) is 5.41 Å². The molecule has 25 heavy (non-hydrogen) atoms. The molecule has 0 aliphatic rings. The third kappa shape index (κ3) is 4.50. The van der Waals surface area contributed by atoms with Gasteiger partial charge in [0, 0.05) is 11.4 Å². The Balaban J connectivity index is 2.03. The summed E-state index contributed by atoms with van der Waals surface area (Å²) in [7, 11) is 3.14. The first-order valence-corrected chi connectivity index (χ1v) is 7.78. The molecule has 0 saturated heterocycles. The molecule has 0 atom stereocenters. The fraction of sp³-hybridized carbons (Fsp3) is 0.263. The number of carbonyl (C=O) groups is 2. The van der Waals surface area contributed by atoms with Gasteiger partial charge in [-0.15, -0.1) is 0 Å². The second-order valence-corrected chi connectivity index (χ2v) is 5.99. The number of hydrogen-bond donors (Lipinski definition) is 2. The molecule has 0 radical (unpaired) electrons. The van der Waals surface area contributed by atoms with E-state index < -0.39 is 17.2 Å². The molecule has 2 aromatic carbocycles. The van der Waals surface area contributed by atoms with Crippen LogP contribution in [0.1, 0.15) is 13.8 Å². The molecule has 0 bridgehead atoms. The number of rotatable bonds is 6. The van der Waals surface area contributed by atoms with Crippen molar-refractivity contribution in [3.63, 3.8) is 0 Å². The monoisotopic (exact) mass is 342 g/mol. The van der Waals surface area contributed by atoms with E-state index in [0.717, 1.165) is 0 Å². The molecule has 0 saturated carbocycles. The lowest BCUT2D eigenvalue weighted by molar-refractivity contribution is -0.135. The van der Waals surface area contributed by atoms with Crippen molar-refractivity contribution in [1.29, 1.82) is 0 Å². The summed E-state index contributed by atoms with van der Waals surface area (Å²) in [5, 5.41) is 5.49. The number of nitrogens with one attached hydrogen (secondary N) is 2. The Kier molecular flexibility index (Phi) is 5.64. The van der Waals surface area contributed by atoms with Gasteiger partial charge in [-0.3, -0.25) is 9.59 Å². The van der Waals surface area contributed by atoms with E-state index in [-0.39, 0.29) is 0 Å². The quantitative estimate of drug-likeness (QED) is 0.790. The predicted molar refractivity (Wildman–Crippen MR) is 97.0 cm³/mol. The number of ether oxygens (including phenoxy) is 2. The van der Waals surface area contributed by atoms with Crippen LogP contribution in [0.2, 0.25) is 0 Å². The highest BCUT2D eigenvalue weighted by molar-refractivity contribution is 6.14. The number of anilines is 2. The zero-order valence-electron chi connectivity index (χ0n) is 14.8. The first-order valence-electron chi connectivity index (χ1n) is 7.78. The molecule has 0 fully saturated rings. The van der Waals surface area contributed by atoms with Gasteiger partial charge < -0.3 is 20.1 Å². The average molecular weight is 342 g/mol. The SMILES string of the molecule is COc1ccc(NC(=O)C(C)(C)C(=O)Nc2ccc(OC)cc2)cc1. The van der Waals surface area contributed by atoms with Crippen LogP contribution in [0.15, 0.2) is 48.5 Å². The first-order chi connectivity index (χ1) is 11.9. The molecule has 132 valence electrons. The van der Waals surface area contributed by atoms with Crippen molar-refractivity contribution in [2.45, 2.75) is 13.8 Å². The van der Waals surface area contributed by atoms with E-state index in [1.165, 1.54) is 0 Å². The molecule has 2 amide bonds. The maximum absolute atomic E-state index is 12.5. The van der Waals surface area contributed by atoms with Gasteiger partial charge in [-0.1, -0.05) is 0 Å². The summed E-state index contributed by atoms with van der Waals surface area (Å²) in [6.45, 7) is 3.15. The molecule has 2 rings (SSSR count). The topological polar surface area (TPSA) is 76.7 Å². The van der Waals surface area contributed by atoms with E-state index >= 15 is 0 Å². The zero-order chi connectivity index (χ0) is 18.4. The van der Waals surface area contributed by atoms with Crippen LogP contribution in [0.3, 0.4) is 0 Å². The third-order valence-corrected chi connectivity index (χ3v) is 3.83. The van der Waals surface area contributed by atoms with E-state index in [1.54, 1.807) is 76.6 Å². The van der Waals surface area contributed by atoms with Crippen LogP contribution in [0, 0.1) is 5.41 Å². The van der Waals surface area contributed by atoms with Gasteiger partial charge in [0.25, 0.3) is 0 Å². The molecular weight excluding hydrogens is 320 g/mol. The van der Waals surface area contributed by atoms with Crippen LogP contribution in [-0.4, -0.2) is 26.0 Å². The molecule has 2 N–H and O–H groups in total. The summed E-state index contributed by atoms with van der Waals surface area (Å²) in [5.74, 6) is 0.580. The van der Waals surface area contributed by atoms with Gasteiger partial charge in [0.2, 0.25) is 11.8 Å². The molecule has 0 unspecified atom stereocenters. The van der Waals surface area contributed by atoms with Crippen LogP contribution < -0.4 is 20.1 Å². The van der Waals surface area contributed by atoms with Gasteiger partial charge >= 0.3 is 0 Å². The average Bonchev–Trinajstić information content (AvgIpc) is 2.62. The number of amides is 2. The Bertz CT molecular complexity index is 674. The summed E-state index contributed by atoms with van der Waals surface area (Å²) in [6.07, 6.45) is 0. The Labute approximate surface area is 147 Å². The highest BCUT2D eigenvalue weighted by Gasteiger charge is 2.36. The largest absolute Gasteiger partial charge is 0.497 e. The first kappa shape index (κ1) is 18.3. The van der Waals surface area contributed by atoms with Gasteiger partial charge in [-0.25, -0.2) is 0 Å². The van der Waals surface area contributed by atoms with E-state index in [4.69, 9.17) is 9.47 Å². The van der Waals surface area contributed by atoms with Crippen molar-refractivity contribution in [3.05, 3.63) is 48.5 Å². The van der Waals surface area contributed by atoms with Gasteiger partial charge in [0.1, 0.15) is 16.9 Å². The van der Waals surface area contributed by atoms with Crippen molar-refractivity contribution in [3.8, 4) is 11.5 Å². The molecule has 6 nitrogen and oxygen atoms in total. The Hall–Kier alpha value is -3.02. The molecule has 0 aromatic heterocycles. The lowest BCUT2D eigenvalue weighted by Gasteiger charge is -2.23. The normalized spacial score (nSPS) is 10.7. The molecule has 2 aromatic rings. The number of benzene rings is 2. The van der Waals surface area contributed by atoms with Gasteiger partial charge in [0.05, 0.1) is 14.2 Å². The number of carbonyl (C=O) groups excluding carboxylic acids is 2. The van der Waals surface area contributed by atoms with Gasteiger partial charge in [-0.2, -0.15) is 0 Å². The lowest BCUT2D eigenvalue weighted by Crippen LogP contribution is -2.41. The second kappa shape index (κ2) is 7.70. The van der Waals surface area contributed by atoms with Crippen molar-refractivity contribution in [2.75, 3.05) is 24.9 Å². The van der Waals surface area contributed by atoms with Crippen LogP contribution in [-0.2, 0) is 9.59 Å². The Morgan fingerprint density at radius 2 is 1.04 bits per heavy atom. The summed E-state index contributed by atoms with van der Waals surface area (Å²) in [6, 6.07) is 13.8. The molecule has 0 aliphatic carbocycles. The molecular formula is C19H22N2O4. The fourth-order valence-corrected chi connectivity index (χ4v) is 2.03. The van der Waals surface area contributed by atoms with Crippen LogP contribution >= 0.6 is 0 Å². The van der Waals surface area contributed by atoms with Crippen molar-refractivity contribution < 1.29 is 19.1 Å². The minimum Gasteiger partial charge on any atom is -0.497 e. The zero-order valence-corrected chi connectivity index (χ0v) is 14.8. The summed E-state index contributed by atoms with van der Waals surface area (Å²) in [5.41, 5.74) is -0.0629. The van der Waals surface area contributed by atoms with Crippen LogP contribution in [0.25, 0.3) is 0 Å². The van der Waals surface area contributed by atoms with E-state index in [1.807, 2.05) is 0 Å². The van der Waals surface area contributed by atoms with Crippen LogP contribution in [0.5, 0.6) is 11.5 Å². The molecule has 0 aliphatic heterocycles. The molecule has 6 heteroatoms. The van der Waals surface area contributed by atoms with Crippen LogP contribution in [0.4, 0.5) is 11.4 Å². The summed E-state index contributed by atoms with van der Waals surface area (Å²) < 4.78 is 10.2. The minimum absolute atomic E-state index is 0.399. The Morgan fingerprint density at radius 1 is 0.720 bits per heavy atom. The van der Waals surface area contributed by atoms with E-state index in [2.05, 4.69) is 10.6 Å². The second-order valence-electron chi connectivity index (χ2n) is 5.99. The standard InChI is InChI=1S/C19H22N2O4/c1-19(2,17(22)20-13-5-9-15(24-3)10-6-13)18(23)21-14-7-11-16(25-4)12-8-14/h5-12H,1-4H3,(H,20,22)(H,21,23). The van der Waals surface area contributed by atoms with Crippen molar-refractivity contribution in [1.82, 2.24) is 0 Å². The van der Waals surface area contributed by atoms with Gasteiger partial charge in [-0.05, 0) is 62.4 Å². The third-order valence-electron chi connectivity index (χ3n) is 3.83. The minimum atomic E-state index is -1.25. The predicted octanol–water partition coefficient (Wildman–Crippen LogP) is 3.31. The van der Waals surface area contributed by atoms with E-state index in [0.29, 0.717) is 22.9 Å². The fourth-order valence-electron chi connectivity index (χ4n) is 2.03. The summed E-state index contributed by atoms with van der Waals surface area (Å²) in [4.78, 5) is 25.0. The van der Waals surface area contributed by atoms with Crippen molar-refractivity contribution >= 4 is 23.2 Å². The number of hydrogen-bond acceptors (Lipinski definition) is 4.